The first-order valence-corrected chi connectivity index (χ1v) is 39.7. The molecule has 2 atom stereocenters. The number of aliphatic carboxylic acids is 1. The summed E-state index contributed by atoms with van der Waals surface area (Å²) in [6, 6.07) is 0. The number of halogens is 2. The van der Waals surface area contributed by atoms with Gasteiger partial charge in [0.2, 0.25) is 0 Å². The van der Waals surface area contributed by atoms with Crippen LogP contribution in [-0.2, 0) is 33.4 Å². The molecular formula is C76H146I2O8. The number of carbonyl (C=O) groups is 4. The monoisotopic (exact) mass is 1440 g/mol. The quantitative estimate of drug-likeness (QED) is 0.0160. The second-order valence-electron chi connectivity index (χ2n) is 24.4. The molecule has 0 bridgehead atoms. The number of esters is 3. The highest BCUT2D eigenvalue weighted by Gasteiger charge is 2.07. The van der Waals surface area contributed by atoms with Crippen molar-refractivity contribution in [2.24, 2.45) is 0 Å². The van der Waals surface area contributed by atoms with Crippen LogP contribution >= 0.6 is 45.2 Å². The predicted octanol–water partition coefficient (Wildman–Crippen LogP) is 26.4. The van der Waals surface area contributed by atoms with Crippen LogP contribution < -0.4 is 0 Å². The Hall–Kier alpha value is -1.18. The van der Waals surface area contributed by atoms with E-state index in [0.717, 1.165) is 46.4 Å². The molecule has 0 aliphatic rings. The molecule has 0 spiro atoms. The molecule has 0 aromatic rings. The van der Waals surface area contributed by atoms with Gasteiger partial charge in [0.25, 0.3) is 0 Å². The Balaban J connectivity index is -0.000000523. The molecule has 0 radical (unpaired) electrons. The summed E-state index contributed by atoms with van der Waals surface area (Å²) in [5.74, 6) is -0.772. The molecule has 512 valence electrons. The maximum Gasteiger partial charge on any atom is 0.305 e. The zero-order chi connectivity index (χ0) is 64.1. The summed E-state index contributed by atoms with van der Waals surface area (Å²) in [4.78, 5) is 43.8. The maximum absolute atomic E-state index is 11.2. The Morgan fingerprint density at radius 1 is 0.279 bits per heavy atom. The van der Waals surface area contributed by atoms with Crippen molar-refractivity contribution in [1.82, 2.24) is 0 Å². The van der Waals surface area contributed by atoms with Crippen LogP contribution in [0.15, 0.2) is 24.3 Å². The third kappa shape index (κ3) is 91.6. The van der Waals surface area contributed by atoms with E-state index in [2.05, 4.69) is 97.2 Å². The second kappa shape index (κ2) is 83.8. The van der Waals surface area contributed by atoms with E-state index < -0.39 is 5.97 Å². The van der Waals surface area contributed by atoms with Crippen molar-refractivity contribution >= 4 is 69.1 Å². The van der Waals surface area contributed by atoms with Gasteiger partial charge in [0, 0.05) is 33.5 Å². The summed E-state index contributed by atoms with van der Waals surface area (Å²) in [7, 11) is 0. The minimum Gasteiger partial charge on any atom is -0.481 e. The van der Waals surface area contributed by atoms with Gasteiger partial charge in [-0.1, -0.05) is 328 Å². The van der Waals surface area contributed by atoms with Crippen molar-refractivity contribution in [3.8, 4) is 0 Å². The molecular weight excluding hydrogens is 1290 g/mol. The van der Waals surface area contributed by atoms with Gasteiger partial charge in [-0.2, -0.15) is 0 Å². The lowest BCUT2D eigenvalue weighted by atomic mass is 10.0. The number of unbranched alkanes of at least 4 members (excludes halogenated alkanes) is 40. The standard InChI is InChI=1S/2C20H39IO2.C19H36O2.C17H32O2/c1-3-5-6-7-10-13-16-19(21)17-14-11-8-9-12-15-18-20(22)23-4-2;1-3-5-6-7-8-10-13-16-19(21)17-14-11-9-12-15-18-20(22)23-4-2;1-3-5-6-7-8-9-10-11-12-13-14-15-16-17-18-19(20)21-4-2;1-2-3-4-5-6-7-8-9-10-11-12-13-14-15-16-17(18)19/h2*19H,3-18H2,1-2H3;10-11H,3-9,12-18H2,1-2H3;8-9H,2-7,10-16H2,1H3,(H,18,19)/b;;11-10-;9-8-. The van der Waals surface area contributed by atoms with Gasteiger partial charge in [-0.05, 0) is 124 Å². The lowest BCUT2D eigenvalue weighted by Crippen LogP contribution is -2.03. The molecule has 0 aliphatic heterocycles. The van der Waals surface area contributed by atoms with Crippen LogP contribution in [0.25, 0.3) is 0 Å². The number of carboxylic acid groups (broad SMARTS) is 1. The lowest BCUT2D eigenvalue weighted by Gasteiger charge is -2.09. The number of rotatable bonds is 63. The first-order chi connectivity index (χ1) is 42.0. The van der Waals surface area contributed by atoms with E-state index in [-0.39, 0.29) is 17.9 Å². The number of hydrogen-bond donors (Lipinski definition) is 1. The molecule has 86 heavy (non-hydrogen) atoms. The largest absolute Gasteiger partial charge is 0.481 e. The third-order valence-corrected chi connectivity index (χ3v) is 18.2. The fourth-order valence-electron chi connectivity index (χ4n) is 10.3. The fraction of sp³-hybridized carbons (Fsp3) is 0.895. The summed E-state index contributed by atoms with van der Waals surface area (Å²) in [5.41, 5.74) is 0. The zero-order valence-corrected chi connectivity index (χ0v) is 62.6. The first kappa shape index (κ1) is 91.2. The van der Waals surface area contributed by atoms with Gasteiger partial charge in [0.05, 0.1) is 19.8 Å². The number of allylic oxidation sites excluding steroid dienone is 4. The molecule has 0 saturated heterocycles. The Labute approximate surface area is 563 Å². The van der Waals surface area contributed by atoms with Crippen molar-refractivity contribution in [2.75, 3.05) is 19.8 Å². The van der Waals surface area contributed by atoms with Gasteiger partial charge in [-0.3, -0.25) is 19.2 Å². The minimum atomic E-state index is -0.665. The number of carbonyl (C=O) groups excluding carboxylic acids is 3. The summed E-state index contributed by atoms with van der Waals surface area (Å²) >= 11 is 5.29. The van der Waals surface area contributed by atoms with Gasteiger partial charge < -0.3 is 19.3 Å². The summed E-state index contributed by atoms with van der Waals surface area (Å²) < 4.78 is 16.5. The van der Waals surface area contributed by atoms with Crippen LogP contribution in [0.4, 0.5) is 0 Å². The maximum atomic E-state index is 11.2. The molecule has 0 fully saturated rings. The SMILES string of the molecule is CCCCCCC/C=C\CCCCCCCC(=O)O.CCCCCCC/C=C\CCCCCCCC(=O)OCC.CCCCCCCCC(I)CCCCCCCCC(=O)OCC.CCCCCCCCCC(I)CCCCCCCC(=O)OCC. The number of alkyl halides is 2. The van der Waals surface area contributed by atoms with Crippen LogP contribution in [0.5, 0.6) is 0 Å². The molecule has 8 nitrogen and oxygen atoms in total. The fourth-order valence-corrected chi connectivity index (χ4v) is 12.1. The first-order valence-electron chi connectivity index (χ1n) is 37.3. The van der Waals surface area contributed by atoms with Gasteiger partial charge >= 0.3 is 23.9 Å². The van der Waals surface area contributed by atoms with Crippen LogP contribution in [0.3, 0.4) is 0 Å². The van der Waals surface area contributed by atoms with Gasteiger partial charge in [0.15, 0.2) is 0 Å². The van der Waals surface area contributed by atoms with Crippen molar-refractivity contribution in [2.45, 2.75) is 416 Å². The van der Waals surface area contributed by atoms with Crippen molar-refractivity contribution in [3.63, 3.8) is 0 Å². The molecule has 0 aromatic heterocycles. The van der Waals surface area contributed by atoms with E-state index in [0.29, 0.717) is 45.5 Å². The average Bonchev–Trinajstić information content (AvgIpc) is 3.49. The highest BCUT2D eigenvalue weighted by Crippen LogP contribution is 2.22. The number of ether oxygens (including phenoxy) is 3. The normalized spacial score (nSPS) is 11.8. The van der Waals surface area contributed by atoms with Gasteiger partial charge in [0.1, 0.15) is 0 Å². The predicted molar refractivity (Wildman–Crippen MR) is 393 cm³/mol. The summed E-state index contributed by atoms with van der Waals surface area (Å²) in [5, 5.41) is 8.50. The molecule has 0 amide bonds. The number of hydrogen-bond acceptors (Lipinski definition) is 7. The topological polar surface area (TPSA) is 116 Å². The van der Waals surface area contributed by atoms with E-state index in [4.69, 9.17) is 19.3 Å². The highest BCUT2D eigenvalue weighted by molar-refractivity contribution is 14.1. The van der Waals surface area contributed by atoms with E-state index in [9.17, 15) is 19.2 Å². The minimum absolute atomic E-state index is 0.0325. The molecule has 1 N–H and O–H groups in total. The molecule has 0 aromatic carbocycles. The molecule has 0 rings (SSSR count). The lowest BCUT2D eigenvalue weighted by molar-refractivity contribution is -0.144. The Kier molecular flexibility index (Phi) is 88.9. The van der Waals surface area contributed by atoms with Crippen LogP contribution in [0.1, 0.15) is 408 Å². The second-order valence-corrected chi connectivity index (χ2v) is 27.9. The van der Waals surface area contributed by atoms with Crippen LogP contribution in [-0.4, -0.2) is 56.7 Å². The van der Waals surface area contributed by atoms with Gasteiger partial charge in [-0.25, -0.2) is 0 Å². The van der Waals surface area contributed by atoms with Gasteiger partial charge in [-0.15, -0.1) is 0 Å². The molecule has 2 unspecified atom stereocenters. The van der Waals surface area contributed by atoms with E-state index in [1.54, 1.807) is 0 Å². The van der Waals surface area contributed by atoms with Crippen molar-refractivity contribution in [3.05, 3.63) is 24.3 Å². The van der Waals surface area contributed by atoms with Crippen molar-refractivity contribution in [1.29, 1.82) is 0 Å². The highest BCUT2D eigenvalue weighted by atomic mass is 127. The van der Waals surface area contributed by atoms with E-state index in [1.165, 1.54) is 295 Å². The summed E-state index contributed by atoms with van der Waals surface area (Å²) in [6.45, 7) is 16.2. The molecule has 10 heteroatoms. The van der Waals surface area contributed by atoms with E-state index in [1.807, 2.05) is 20.8 Å². The third-order valence-electron chi connectivity index (χ3n) is 15.7. The molecule has 0 aliphatic carbocycles. The molecule has 0 heterocycles. The Bertz CT molecular complexity index is 1390. The van der Waals surface area contributed by atoms with Crippen LogP contribution in [0.2, 0.25) is 0 Å². The Morgan fingerprint density at radius 2 is 0.465 bits per heavy atom. The zero-order valence-electron chi connectivity index (χ0n) is 58.2. The van der Waals surface area contributed by atoms with Crippen LogP contribution in [0, 0.1) is 0 Å². The average molecular weight is 1440 g/mol. The molecule has 0 saturated carbocycles. The Morgan fingerprint density at radius 3 is 0.674 bits per heavy atom. The van der Waals surface area contributed by atoms with E-state index >= 15 is 0 Å². The van der Waals surface area contributed by atoms with Crippen molar-refractivity contribution < 1.29 is 38.5 Å². The summed E-state index contributed by atoms with van der Waals surface area (Å²) in [6.07, 6.45) is 79.0. The smallest absolute Gasteiger partial charge is 0.305 e. The number of carboxylic acids is 1.